The highest BCUT2D eigenvalue weighted by Crippen LogP contribution is 2.45. The monoisotopic (exact) mass is 453 g/mol. The lowest BCUT2D eigenvalue weighted by atomic mass is 10.1. The van der Waals surface area contributed by atoms with Crippen LogP contribution in [0.1, 0.15) is 30.9 Å². The summed E-state index contributed by atoms with van der Waals surface area (Å²) in [6.07, 6.45) is 9.53. The molecule has 1 aliphatic heterocycles. The molecule has 0 bridgehead atoms. The smallest absolute Gasteiger partial charge is 0.330 e. The van der Waals surface area contributed by atoms with Crippen LogP contribution in [-0.4, -0.2) is 51.4 Å². The van der Waals surface area contributed by atoms with E-state index in [0.717, 1.165) is 53.1 Å². The van der Waals surface area contributed by atoms with Crippen molar-refractivity contribution < 1.29 is 4.55 Å². The summed E-state index contributed by atoms with van der Waals surface area (Å²) in [4.78, 5) is 31.0. The molecule has 0 radical (unpaired) electrons. The van der Waals surface area contributed by atoms with Crippen molar-refractivity contribution in [2.24, 2.45) is 7.05 Å². The van der Waals surface area contributed by atoms with Crippen LogP contribution in [0, 0.1) is 6.92 Å². The van der Waals surface area contributed by atoms with Crippen LogP contribution in [0.2, 0.25) is 0 Å². The minimum absolute atomic E-state index is 0.0214. The van der Waals surface area contributed by atoms with Crippen molar-refractivity contribution in [3.05, 3.63) is 46.8 Å². The molecule has 32 heavy (non-hydrogen) atoms. The molecule has 0 amide bonds. The SMILES string of the molecule is Cc1cc2nccnc2cc1Nc1ncc2c(n1)n(C1CCCS(C)(O)CC1)c(=O)n2C. The first-order valence-corrected chi connectivity index (χ1v) is 13.0. The number of anilines is 2. The summed E-state index contributed by atoms with van der Waals surface area (Å²) in [5.74, 6) is 2.00. The number of benzene rings is 1. The van der Waals surface area contributed by atoms with Crippen LogP contribution in [0.3, 0.4) is 0 Å². The average Bonchev–Trinajstić information content (AvgIpc) is 2.88. The average molecular weight is 454 g/mol. The number of imidazole rings is 1. The van der Waals surface area contributed by atoms with Crippen molar-refractivity contribution in [3.8, 4) is 0 Å². The molecular weight excluding hydrogens is 426 g/mol. The lowest BCUT2D eigenvalue weighted by Gasteiger charge is -2.27. The van der Waals surface area contributed by atoms with Gasteiger partial charge in [-0.2, -0.15) is 4.98 Å². The zero-order valence-electron chi connectivity index (χ0n) is 18.4. The summed E-state index contributed by atoms with van der Waals surface area (Å²) in [6.45, 7) is 1.99. The van der Waals surface area contributed by atoms with E-state index in [1.54, 1.807) is 34.8 Å². The molecule has 0 spiro atoms. The first-order valence-electron chi connectivity index (χ1n) is 10.7. The Morgan fingerprint density at radius 3 is 2.66 bits per heavy atom. The van der Waals surface area contributed by atoms with Gasteiger partial charge < -0.3 is 9.87 Å². The minimum atomic E-state index is -1.57. The summed E-state index contributed by atoms with van der Waals surface area (Å²) in [6, 6.07) is 3.93. The van der Waals surface area contributed by atoms with Crippen LogP contribution < -0.4 is 11.0 Å². The molecule has 0 saturated carbocycles. The van der Waals surface area contributed by atoms with Gasteiger partial charge in [0.2, 0.25) is 5.95 Å². The van der Waals surface area contributed by atoms with E-state index in [9.17, 15) is 9.35 Å². The largest absolute Gasteiger partial charge is 0.352 e. The second-order valence-corrected chi connectivity index (χ2v) is 11.9. The predicted octanol–water partition coefficient (Wildman–Crippen LogP) is 3.76. The first kappa shape index (κ1) is 20.9. The molecule has 10 heteroatoms. The number of nitrogens with one attached hydrogen (secondary N) is 1. The molecule has 0 aliphatic carbocycles. The second kappa shape index (κ2) is 7.86. The minimum Gasteiger partial charge on any atom is -0.352 e. The summed E-state index contributed by atoms with van der Waals surface area (Å²) in [5, 5.41) is 3.29. The van der Waals surface area contributed by atoms with E-state index >= 15 is 0 Å². The third-order valence-electron chi connectivity index (χ3n) is 6.27. The van der Waals surface area contributed by atoms with E-state index in [-0.39, 0.29) is 11.7 Å². The topological polar surface area (TPSA) is 111 Å². The van der Waals surface area contributed by atoms with E-state index in [1.165, 1.54) is 0 Å². The molecule has 1 fully saturated rings. The number of hydrogen-bond acceptors (Lipinski definition) is 7. The first-order chi connectivity index (χ1) is 15.3. The van der Waals surface area contributed by atoms with Crippen molar-refractivity contribution in [2.45, 2.75) is 32.2 Å². The predicted molar refractivity (Wildman–Crippen MR) is 129 cm³/mol. The quantitative estimate of drug-likeness (QED) is 0.486. The molecule has 9 nitrogen and oxygen atoms in total. The highest BCUT2D eigenvalue weighted by atomic mass is 32.3. The third kappa shape index (κ3) is 3.73. The summed E-state index contributed by atoms with van der Waals surface area (Å²) in [5.41, 5.74) is 4.68. The Bertz CT molecular complexity index is 1380. The molecular formula is C22H27N7O2S. The summed E-state index contributed by atoms with van der Waals surface area (Å²) >= 11 is 0. The Morgan fingerprint density at radius 2 is 1.88 bits per heavy atom. The van der Waals surface area contributed by atoms with Crippen LogP contribution in [0.15, 0.2) is 35.5 Å². The van der Waals surface area contributed by atoms with Crippen molar-refractivity contribution in [1.82, 2.24) is 29.1 Å². The highest BCUT2D eigenvalue weighted by Gasteiger charge is 2.27. The van der Waals surface area contributed by atoms with E-state index in [0.29, 0.717) is 17.1 Å². The lowest BCUT2D eigenvalue weighted by molar-refractivity contribution is 0.449. The molecule has 4 heterocycles. The molecule has 1 saturated heterocycles. The Balaban J connectivity index is 1.55. The van der Waals surface area contributed by atoms with Crippen LogP contribution in [0.5, 0.6) is 0 Å². The number of hydrogen-bond donors (Lipinski definition) is 2. The standard InChI is InChI=1S/C22H27N7O2S/c1-14-11-17-18(24-8-7-23-17)12-16(14)26-21-25-13-19-20(27-21)29(22(30)28(19)2)15-5-4-9-32(3,31)10-6-15/h7-8,11-13,15,31H,4-6,9-10H2,1-3H3,(H,25,26,27). The van der Waals surface area contributed by atoms with Gasteiger partial charge in [-0.05, 0) is 55.9 Å². The van der Waals surface area contributed by atoms with Gasteiger partial charge in [-0.25, -0.2) is 9.78 Å². The van der Waals surface area contributed by atoms with Crippen molar-refractivity contribution >= 4 is 44.1 Å². The second-order valence-electron chi connectivity index (χ2n) is 8.67. The van der Waals surface area contributed by atoms with Gasteiger partial charge in [0.1, 0.15) is 5.52 Å². The highest BCUT2D eigenvalue weighted by molar-refractivity contribution is 8.28. The van der Waals surface area contributed by atoms with E-state index in [4.69, 9.17) is 4.98 Å². The van der Waals surface area contributed by atoms with Crippen LogP contribution in [-0.2, 0) is 7.05 Å². The Hall–Kier alpha value is -2.98. The van der Waals surface area contributed by atoms with Crippen LogP contribution in [0.4, 0.5) is 11.6 Å². The van der Waals surface area contributed by atoms with Gasteiger partial charge in [0.25, 0.3) is 0 Å². The fraction of sp³-hybridized carbons (Fsp3) is 0.409. The van der Waals surface area contributed by atoms with Crippen LogP contribution >= 0.6 is 10.3 Å². The van der Waals surface area contributed by atoms with E-state index in [2.05, 4.69) is 20.3 Å². The molecule has 2 unspecified atom stereocenters. The number of aromatic nitrogens is 6. The number of rotatable bonds is 3. The molecule has 4 aromatic rings. The molecule has 1 aromatic carbocycles. The fourth-order valence-electron chi connectivity index (χ4n) is 4.42. The molecule has 2 atom stereocenters. The van der Waals surface area contributed by atoms with Gasteiger partial charge in [0.15, 0.2) is 5.65 Å². The summed E-state index contributed by atoms with van der Waals surface area (Å²) < 4.78 is 14.0. The summed E-state index contributed by atoms with van der Waals surface area (Å²) in [7, 11) is 0.183. The molecule has 2 N–H and O–H groups in total. The third-order valence-corrected chi connectivity index (χ3v) is 8.56. The van der Waals surface area contributed by atoms with Gasteiger partial charge in [0, 0.05) is 36.9 Å². The van der Waals surface area contributed by atoms with Gasteiger partial charge in [-0.1, -0.05) is 0 Å². The van der Waals surface area contributed by atoms with Crippen molar-refractivity contribution in [1.29, 1.82) is 0 Å². The lowest BCUT2D eigenvalue weighted by Crippen LogP contribution is -2.26. The maximum absolute atomic E-state index is 13.1. The molecule has 168 valence electrons. The number of fused-ring (bicyclic) bond motifs is 2. The zero-order valence-corrected chi connectivity index (χ0v) is 19.3. The fourth-order valence-corrected chi connectivity index (χ4v) is 6.19. The number of aryl methyl sites for hydroxylation is 2. The van der Waals surface area contributed by atoms with Crippen LogP contribution in [0.25, 0.3) is 22.2 Å². The maximum Gasteiger partial charge on any atom is 0.330 e. The zero-order chi connectivity index (χ0) is 22.5. The Labute approximate surface area is 187 Å². The Morgan fingerprint density at radius 1 is 1.12 bits per heavy atom. The van der Waals surface area contributed by atoms with E-state index < -0.39 is 10.3 Å². The molecule has 1 aliphatic rings. The molecule has 3 aromatic heterocycles. The van der Waals surface area contributed by atoms with Gasteiger partial charge in [-0.3, -0.25) is 19.1 Å². The maximum atomic E-state index is 13.1. The molecule has 5 rings (SSSR count). The van der Waals surface area contributed by atoms with Crippen molar-refractivity contribution in [2.75, 3.05) is 23.1 Å². The Kier molecular flexibility index (Phi) is 5.13. The normalized spacial score (nSPS) is 23.7. The van der Waals surface area contributed by atoms with Crippen molar-refractivity contribution in [3.63, 3.8) is 0 Å². The van der Waals surface area contributed by atoms with Gasteiger partial charge in [0.05, 0.1) is 17.2 Å². The van der Waals surface area contributed by atoms with E-state index in [1.807, 2.05) is 25.3 Å². The van der Waals surface area contributed by atoms with Gasteiger partial charge in [-0.15, -0.1) is 10.3 Å². The number of nitrogens with zero attached hydrogens (tertiary/aromatic N) is 6. The van der Waals surface area contributed by atoms with Gasteiger partial charge >= 0.3 is 5.69 Å².